The molecule has 2 aromatic carbocycles. The SMILES string of the molecule is CCOc1ccc(N(CC(=O)NC(C)(C)CC(C)(C)C)S(=O)(=O)c2ccc(OC)c(OC)c2)cc1. The van der Waals surface area contributed by atoms with Crippen molar-refractivity contribution in [2.24, 2.45) is 5.41 Å². The maximum absolute atomic E-state index is 13.8. The van der Waals surface area contributed by atoms with Gasteiger partial charge in [0.05, 0.1) is 31.4 Å². The lowest BCUT2D eigenvalue weighted by Gasteiger charge is -2.34. The van der Waals surface area contributed by atoms with Crippen molar-refractivity contribution >= 4 is 21.6 Å². The Morgan fingerprint density at radius 2 is 1.54 bits per heavy atom. The van der Waals surface area contributed by atoms with Crippen LogP contribution in [0.2, 0.25) is 0 Å². The van der Waals surface area contributed by atoms with Crippen molar-refractivity contribution in [1.82, 2.24) is 5.32 Å². The lowest BCUT2D eigenvalue weighted by atomic mass is 9.82. The number of nitrogens with one attached hydrogen (secondary N) is 1. The van der Waals surface area contributed by atoms with Crippen LogP contribution in [0.5, 0.6) is 17.2 Å². The first-order valence-corrected chi connectivity index (χ1v) is 12.9. The van der Waals surface area contributed by atoms with E-state index in [9.17, 15) is 13.2 Å². The molecular formula is C26H38N2O6S. The molecule has 0 radical (unpaired) electrons. The van der Waals surface area contributed by atoms with Crippen molar-refractivity contribution in [2.75, 3.05) is 31.7 Å². The van der Waals surface area contributed by atoms with Crippen LogP contribution in [-0.2, 0) is 14.8 Å². The number of amides is 1. The Labute approximate surface area is 209 Å². The Kier molecular flexibility index (Phi) is 9.06. The molecule has 0 atom stereocenters. The highest BCUT2D eigenvalue weighted by Gasteiger charge is 2.32. The van der Waals surface area contributed by atoms with E-state index in [0.717, 1.165) is 10.7 Å². The van der Waals surface area contributed by atoms with Gasteiger partial charge < -0.3 is 19.5 Å². The fourth-order valence-electron chi connectivity index (χ4n) is 4.21. The van der Waals surface area contributed by atoms with Gasteiger partial charge in [0, 0.05) is 11.6 Å². The molecule has 1 N–H and O–H groups in total. The van der Waals surface area contributed by atoms with E-state index in [1.165, 1.54) is 32.4 Å². The second kappa shape index (κ2) is 11.2. The van der Waals surface area contributed by atoms with E-state index in [-0.39, 0.29) is 16.1 Å². The standard InChI is InChI=1S/C26H38N2O6S/c1-9-34-20-12-10-19(11-13-20)28(17-24(29)27-26(5,6)18-25(2,3)4)35(30,31)21-14-15-22(32-7)23(16-21)33-8/h10-16H,9,17-18H2,1-8H3,(H,27,29). The first kappa shape index (κ1) is 28.3. The second-order valence-electron chi connectivity index (χ2n) is 10.1. The highest BCUT2D eigenvalue weighted by atomic mass is 32.2. The van der Waals surface area contributed by atoms with Gasteiger partial charge in [0.15, 0.2) is 11.5 Å². The number of nitrogens with zero attached hydrogens (tertiary/aromatic N) is 1. The lowest BCUT2D eigenvalue weighted by molar-refractivity contribution is -0.121. The fourth-order valence-corrected chi connectivity index (χ4v) is 5.65. The zero-order valence-corrected chi connectivity index (χ0v) is 22.8. The van der Waals surface area contributed by atoms with Crippen LogP contribution in [0.15, 0.2) is 47.4 Å². The highest BCUT2D eigenvalue weighted by Crippen LogP contribution is 2.33. The summed E-state index contributed by atoms with van der Waals surface area (Å²) in [5.74, 6) is 0.879. The molecule has 0 aliphatic heterocycles. The summed E-state index contributed by atoms with van der Waals surface area (Å²) in [6.07, 6.45) is 0.719. The van der Waals surface area contributed by atoms with Crippen LogP contribution in [0.25, 0.3) is 0 Å². The number of anilines is 1. The Morgan fingerprint density at radius 3 is 2.06 bits per heavy atom. The molecule has 0 aliphatic carbocycles. The van der Waals surface area contributed by atoms with Gasteiger partial charge in [0.2, 0.25) is 5.91 Å². The average molecular weight is 507 g/mol. The number of carbonyl (C=O) groups is 1. The summed E-state index contributed by atoms with van der Waals surface area (Å²) < 4.78 is 44.6. The molecule has 2 rings (SSSR count). The number of rotatable bonds is 11. The molecule has 2 aromatic rings. The van der Waals surface area contributed by atoms with Gasteiger partial charge in [-0.05, 0) is 69.0 Å². The maximum atomic E-state index is 13.8. The summed E-state index contributed by atoms with van der Waals surface area (Å²) in [5, 5.41) is 2.99. The molecule has 0 aliphatic rings. The summed E-state index contributed by atoms with van der Waals surface area (Å²) in [6, 6.07) is 10.9. The predicted octanol–water partition coefficient (Wildman–Crippen LogP) is 4.63. The number of methoxy groups -OCH3 is 2. The third-order valence-electron chi connectivity index (χ3n) is 5.12. The van der Waals surface area contributed by atoms with Gasteiger partial charge in [-0.3, -0.25) is 9.10 Å². The smallest absolute Gasteiger partial charge is 0.264 e. The minimum Gasteiger partial charge on any atom is -0.494 e. The van der Waals surface area contributed by atoms with E-state index < -0.39 is 28.0 Å². The third kappa shape index (κ3) is 7.78. The molecule has 0 aromatic heterocycles. The number of ether oxygens (including phenoxy) is 3. The summed E-state index contributed by atoms with van der Waals surface area (Å²) in [5.41, 5.74) is -0.198. The molecule has 1 amide bonds. The molecule has 35 heavy (non-hydrogen) atoms. The number of benzene rings is 2. The van der Waals surface area contributed by atoms with Crippen molar-refractivity contribution in [3.63, 3.8) is 0 Å². The van der Waals surface area contributed by atoms with Crippen LogP contribution in [0, 0.1) is 5.41 Å². The van der Waals surface area contributed by atoms with Crippen LogP contribution < -0.4 is 23.8 Å². The summed E-state index contributed by atoms with van der Waals surface area (Å²) >= 11 is 0. The molecule has 0 heterocycles. The molecule has 0 saturated heterocycles. The monoisotopic (exact) mass is 506 g/mol. The molecule has 0 bridgehead atoms. The van der Waals surface area contributed by atoms with Gasteiger partial charge >= 0.3 is 0 Å². The quantitative estimate of drug-likeness (QED) is 0.478. The predicted molar refractivity (Wildman–Crippen MR) is 138 cm³/mol. The van der Waals surface area contributed by atoms with Crippen LogP contribution in [0.3, 0.4) is 0 Å². The summed E-state index contributed by atoms with van der Waals surface area (Å²) in [4.78, 5) is 13.1. The van der Waals surface area contributed by atoms with Crippen molar-refractivity contribution in [2.45, 2.75) is 58.4 Å². The Hall–Kier alpha value is -2.94. The van der Waals surface area contributed by atoms with E-state index in [1.807, 2.05) is 20.8 Å². The van der Waals surface area contributed by atoms with Gasteiger partial charge in [-0.2, -0.15) is 0 Å². The lowest BCUT2D eigenvalue weighted by Crippen LogP contribution is -2.50. The van der Waals surface area contributed by atoms with E-state index >= 15 is 0 Å². The Balaban J connectivity index is 2.47. The molecule has 0 saturated carbocycles. The van der Waals surface area contributed by atoms with Crippen LogP contribution in [0.4, 0.5) is 5.69 Å². The minimum absolute atomic E-state index is 0.0166. The van der Waals surface area contributed by atoms with E-state index in [4.69, 9.17) is 14.2 Å². The molecule has 0 spiro atoms. The molecule has 8 nitrogen and oxygen atoms in total. The second-order valence-corrected chi connectivity index (χ2v) is 12.0. The number of hydrogen-bond acceptors (Lipinski definition) is 6. The summed E-state index contributed by atoms with van der Waals surface area (Å²) in [6.45, 7) is 12.1. The van der Waals surface area contributed by atoms with Gasteiger partial charge in [0.25, 0.3) is 10.0 Å². The highest BCUT2D eigenvalue weighted by molar-refractivity contribution is 7.92. The van der Waals surface area contributed by atoms with Crippen LogP contribution in [-0.4, -0.2) is 47.2 Å². The van der Waals surface area contributed by atoms with Crippen molar-refractivity contribution in [3.05, 3.63) is 42.5 Å². The molecule has 9 heteroatoms. The van der Waals surface area contributed by atoms with Gasteiger partial charge in [-0.15, -0.1) is 0 Å². The number of sulfonamides is 1. The van der Waals surface area contributed by atoms with Crippen LogP contribution >= 0.6 is 0 Å². The molecule has 0 unspecified atom stereocenters. The zero-order valence-electron chi connectivity index (χ0n) is 22.0. The first-order valence-electron chi connectivity index (χ1n) is 11.5. The van der Waals surface area contributed by atoms with Crippen LogP contribution in [0.1, 0.15) is 48.0 Å². The Bertz CT molecular complexity index is 1110. The number of carbonyl (C=O) groups excluding carboxylic acids is 1. The maximum Gasteiger partial charge on any atom is 0.264 e. The van der Waals surface area contributed by atoms with E-state index in [1.54, 1.807) is 24.3 Å². The van der Waals surface area contributed by atoms with Crippen molar-refractivity contribution in [3.8, 4) is 17.2 Å². The normalized spacial score (nSPS) is 12.1. The number of hydrogen-bond donors (Lipinski definition) is 1. The zero-order chi connectivity index (χ0) is 26.4. The molecule has 0 fully saturated rings. The first-order chi connectivity index (χ1) is 16.2. The minimum atomic E-state index is -4.13. The summed E-state index contributed by atoms with van der Waals surface area (Å²) in [7, 11) is -1.22. The van der Waals surface area contributed by atoms with Crippen molar-refractivity contribution < 1.29 is 27.4 Å². The van der Waals surface area contributed by atoms with Gasteiger partial charge in [-0.25, -0.2) is 8.42 Å². The largest absolute Gasteiger partial charge is 0.494 e. The van der Waals surface area contributed by atoms with Gasteiger partial charge in [-0.1, -0.05) is 20.8 Å². The van der Waals surface area contributed by atoms with E-state index in [0.29, 0.717) is 23.8 Å². The van der Waals surface area contributed by atoms with E-state index in [2.05, 4.69) is 26.1 Å². The van der Waals surface area contributed by atoms with Crippen molar-refractivity contribution in [1.29, 1.82) is 0 Å². The topological polar surface area (TPSA) is 94.2 Å². The fraction of sp³-hybridized carbons (Fsp3) is 0.500. The van der Waals surface area contributed by atoms with Gasteiger partial charge in [0.1, 0.15) is 12.3 Å². The third-order valence-corrected chi connectivity index (χ3v) is 6.89. The Morgan fingerprint density at radius 1 is 0.943 bits per heavy atom. The average Bonchev–Trinajstić information content (AvgIpc) is 2.75. The molecular weight excluding hydrogens is 468 g/mol. The molecule has 194 valence electrons.